The van der Waals surface area contributed by atoms with Gasteiger partial charge in [-0.15, -0.1) is 0 Å². The largest absolute Gasteiger partial charge is 0.490 e. The number of nitro groups is 1. The Hall–Kier alpha value is -5.56. The first kappa shape index (κ1) is 29.2. The minimum absolute atomic E-state index is 0.0725. The van der Waals surface area contributed by atoms with Crippen LogP contribution in [0.15, 0.2) is 109 Å². The molecule has 5 aromatic carbocycles. The summed E-state index contributed by atoms with van der Waals surface area (Å²) in [5.41, 5.74) is 7.50. The van der Waals surface area contributed by atoms with Crippen LogP contribution in [0.3, 0.4) is 0 Å². The highest BCUT2D eigenvalue weighted by atomic mass is 16.6. The van der Waals surface area contributed by atoms with Crippen LogP contribution in [-0.2, 0) is 5.41 Å². The Morgan fingerprint density at radius 2 is 1.35 bits per heavy atom. The third-order valence-corrected chi connectivity index (χ3v) is 9.46. The van der Waals surface area contributed by atoms with Crippen molar-refractivity contribution in [2.24, 2.45) is 0 Å². The number of anilines is 1. The molecule has 0 amide bonds. The minimum Gasteiger partial charge on any atom is -0.490 e. The summed E-state index contributed by atoms with van der Waals surface area (Å²) in [7, 11) is 4.90. The number of nitro benzene ring substituents is 1. The standard InChI is InChI=1S/C39H34N2O5/c1-38(2)34-30(26-17-11-7-12-18-26)23-29(25-15-9-6-10-16-25)33(27-19-13-8-14-20-27)36(34)40(3)39(38)22-21-28-31(46-39)24-32(44-4)35(41(42)43)37(28)45-5/h6-24H,1-5H3. The molecule has 7 rings (SSSR count). The third kappa shape index (κ3) is 4.11. The van der Waals surface area contributed by atoms with Gasteiger partial charge < -0.3 is 19.1 Å². The fraction of sp³-hybridized carbons (Fsp3) is 0.179. The molecular weight excluding hydrogens is 576 g/mol. The molecule has 0 saturated heterocycles. The lowest BCUT2D eigenvalue weighted by Crippen LogP contribution is -2.58. The van der Waals surface area contributed by atoms with E-state index in [0.29, 0.717) is 11.3 Å². The number of methoxy groups -OCH3 is 2. The first-order chi connectivity index (χ1) is 22.2. The van der Waals surface area contributed by atoms with Gasteiger partial charge >= 0.3 is 5.69 Å². The first-order valence-corrected chi connectivity index (χ1v) is 15.2. The average molecular weight is 611 g/mol. The van der Waals surface area contributed by atoms with Crippen LogP contribution in [0, 0.1) is 10.1 Å². The van der Waals surface area contributed by atoms with Gasteiger partial charge in [0.2, 0.25) is 17.2 Å². The van der Waals surface area contributed by atoms with Gasteiger partial charge in [-0.25, -0.2) is 0 Å². The maximum absolute atomic E-state index is 12.1. The van der Waals surface area contributed by atoms with E-state index < -0.39 is 16.1 Å². The monoisotopic (exact) mass is 610 g/mol. The van der Waals surface area contributed by atoms with Crippen molar-refractivity contribution in [1.82, 2.24) is 0 Å². The lowest BCUT2D eigenvalue weighted by Gasteiger charge is -2.46. The van der Waals surface area contributed by atoms with Crippen LogP contribution < -0.4 is 19.1 Å². The van der Waals surface area contributed by atoms with Crippen molar-refractivity contribution in [2.75, 3.05) is 26.2 Å². The Balaban J connectivity index is 1.55. The van der Waals surface area contributed by atoms with E-state index in [1.54, 1.807) is 6.07 Å². The second-order valence-corrected chi connectivity index (χ2v) is 12.1. The highest BCUT2D eigenvalue weighted by molar-refractivity contribution is 6.01. The van der Waals surface area contributed by atoms with Crippen LogP contribution in [-0.4, -0.2) is 31.9 Å². The van der Waals surface area contributed by atoms with E-state index >= 15 is 0 Å². The number of rotatable bonds is 6. The fourth-order valence-electron chi connectivity index (χ4n) is 7.30. The molecule has 0 fully saturated rings. The van der Waals surface area contributed by atoms with Crippen LogP contribution in [0.2, 0.25) is 0 Å². The van der Waals surface area contributed by atoms with Gasteiger partial charge in [-0.05, 0) is 65.4 Å². The minimum atomic E-state index is -1.00. The van der Waals surface area contributed by atoms with Crippen molar-refractivity contribution >= 4 is 17.5 Å². The SMILES string of the molecule is COc1cc2c(c(OC)c1[N+](=O)[O-])C=CC1(O2)N(C)c2c(-c3ccccc3)c(-c3ccccc3)cc(-c3ccccc3)c2C1(C)C. The van der Waals surface area contributed by atoms with Crippen LogP contribution in [0.25, 0.3) is 39.5 Å². The van der Waals surface area contributed by atoms with Crippen LogP contribution >= 0.6 is 0 Å². The molecule has 7 heteroatoms. The van der Waals surface area contributed by atoms with Crippen LogP contribution in [0.4, 0.5) is 11.4 Å². The Morgan fingerprint density at radius 3 is 1.89 bits per heavy atom. The van der Waals surface area contributed by atoms with E-state index in [0.717, 1.165) is 44.6 Å². The Morgan fingerprint density at radius 1 is 0.783 bits per heavy atom. The van der Waals surface area contributed by atoms with Crippen molar-refractivity contribution < 1.29 is 19.1 Å². The molecule has 0 N–H and O–H groups in total. The van der Waals surface area contributed by atoms with Crippen molar-refractivity contribution in [2.45, 2.75) is 25.0 Å². The van der Waals surface area contributed by atoms with Gasteiger partial charge in [0.25, 0.3) is 0 Å². The molecule has 5 aromatic rings. The zero-order chi connectivity index (χ0) is 32.2. The second-order valence-electron chi connectivity index (χ2n) is 12.1. The molecule has 1 spiro atoms. The summed E-state index contributed by atoms with van der Waals surface area (Å²) in [4.78, 5) is 13.8. The van der Waals surface area contributed by atoms with E-state index in [9.17, 15) is 10.1 Å². The maximum Gasteiger partial charge on any atom is 0.353 e. The quantitative estimate of drug-likeness (QED) is 0.141. The fourth-order valence-corrected chi connectivity index (χ4v) is 7.30. The summed E-state index contributed by atoms with van der Waals surface area (Å²) in [6.07, 6.45) is 3.90. The molecule has 1 atom stereocenters. The summed E-state index contributed by atoms with van der Waals surface area (Å²) >= 11 is 0. The number of benzene rings is 5. The van der Waals surface area contributed by atoms with Crippen molar-refractivity contribution in [1.29, 1.82) is 0 Å². The summed E-state index contributed by atoms with van der Waals surface area (Å²) in [6.45, 7) is 4.40. The number of fused-ring (bicyclic) bond motifs is 2. The van der Waals surface area contributed by atoms with Gasteiger partial charge in [-0.2, -0.15) is 0 Å². The summed E-state index contributed by atoms with van der Waals surface area (Å²) < 4.78 is 18.2. The molecule has 2 aliphatic heterocycles. The average Bonchev–Trinajstić information content (AvgIpc) is 3.25. The summed E-state index contributed by atoms with van der Waals surface area (Å²) in [5.74, 6) is 0.617. The van der Waals surface area contributed by atoms with Crippen LogP contribution in [0.1, 0.15) is 25.0 Å². The number of nitrogens with zero attached hydrogens (tertiary/aromatic N) is 2. The third-order valence-electron chi connectivity index (χ3n) is 9.46. The number of ether oxygens (including phenoxy) is 3. The molecule has 7 nitrogen and oxygen atoms in total. The van der Waals surface area contributed by atoms with E-state index in [-0.39, 0.29) is 17.2 Å². The zero-order valence-electron chi connectivity index (χ0n) is 26.4. The number of hydrogen-bond acceptors (Lipinski definition) is 6. The molecule has 2 heterocycles. The van der Waals surface area contributed by atoms with E-state index in [1.807, 2.05) is 30.4 Å². The second kappa shape index (κ2) is 10.8. The highest BCUT2D eigenvalue weighted by Crippen LogP contribution is 2.62. The summed E-state index contributed by atoms with van der Waals surface area (Å²) in [5, 5.41) is 12.1. The van der Waals surface area contributed by atoms with E-state index in [1.165, 1.54) is 14.2 Å². The Bertz CT molecular complexity index is 2010. The molecule has 0 aliphatic carbocycles. The van der Waals surface area contributed by atoms with Gasteiger partial charge in [0.05, 0.1) is 35.8 Å². The molecular formula is C39H34N2O5. The van der Waals surface area contributed by atoms with Gasteiger partial charge in [0.15, 0.2) is 0 Å². The van der Waals surface area contributed by atoms with Crippen LogP contribution in [0.5, 0.6) is 17.2 Å². The van der Waals surface area contributed by atoms with Crippen molar-refractivity contribution in [3.05, 3.63) is 130 Å². The zero-order valence-corrected chi connectivity index (χ0v) is 26.4. The predicted octanol–water partition coefficient (Wildman–Crippen LogP) is 9.14. The molecule has 0 aromatic heterocycles. The normalized spacial score (nSPS) is 17.3. The smallest absolute Gasteiger partial charge is 0.353 e. The van der Waals surface area contributed by atoms with Crippen molar-refractivity contribution in [3.8, 4) is 50.6 Å². The Labute approximate surface area is 268 Å². The first-order valence-electron chi connectivity index (χ1n) is 15.2. The molecule has 0 saturated carbocycles. The summed E-state index contributed by atoms with van der Waals surface area (Å²) in [6, 6.07) is 35.3. The van der Waals surface area contributed by atoms with Crippen molar-refractivity contribution in [3.63, 3.8) is 0 Å². The van der Waals surface area contributed by atoms with Gasteiger partial charge in [-0.1, -0.05) is 91.0 Å². The maximum atomic E-state index is 12.1. The van der Waals surface area contributed by atoms with E-state index in [4.69, 9.17) is 14.2 Å². The molecule has 230 valence electrons. The molecule has 1 unspecified atom stereocenters. The van der Waals surface area contributed by atoms with E-state index in [2.05, 4.69) is 105 Å². The van der Waals surface area contributed by atoms with Gasteiger partial charge in [0, 0.05) is 18.7 Å². The molecule has 0 radical (unpaired) electrons. The topological polar surface area (TPSA) is 74.1 Å². The van der Waals surface area contributed by atoms with Gasteiger partial charge in [0.1, 0.15) is 5.75 Å². The molecule has 2 aliphatic rings. The van der Waals surface area contributed by atoms with Gasteiger partial charge in [-0.3, -0.25) is 10.1 Å². The predicted molar refractivity (Wildman–Crippen MR) is 183 cm³/mol. The number of likely N-dealkylation sites (N-methyl/N-ethyl adjacent to an activating group) is 1. The molecule has 0 bridgehead atoms. The lowest BCUT2D eigenvalue weighted by atomic mass is 9.72. The number of hydrogen-bond donors (Lipinski definition) is 0. The highest BCUT2D eigenvalue weighted by Gasteiger charge is 2.60. The lowest BCUT2D eigenvalue weighted by molar-refractivity contribution is -0.386. The Kier molecular flexibility index (Phi) is 6.85. The molecule has 46 heavy (non-hydrogen) atoms.